The minimum Gasteiger partial charge on any atom is -0.760 e. The van der Waals surface area contributed by atoms with Crippen LogP contribution in [0.2, 0.25) is 5.02 Å². The smallest absolute Gasteiger partial charge is 0.337 e. The van der Waals surface area contributed by atoms with E-state index in [1.807, 2.05) is 7.05 Å². The number of hydrogen-bond donors (Lipinski definition) is 0. The highest BCUT2D eigenvalue weighted by Crippen LogP contribution is 2.28. The van der Waals surface area contributed by atoms with E-state index in [-0.39, 0.29) is 29.2 Å². The first kappa shape index (κ1) is 25.7. The Morgan fingerprint density at radius 2 is 1.88 bits per heavy atom. The lowest BCUT2D eigenvalue weighted by atomic mass is 10.0. The molecule has 2 aromatic rings. The predicted molar refractivity (Wildman–Crippen MR) is 120 cm³/mol. The Bertz CT molecular complexity index is 1020. The first-order chi connectivity index (χ1) is 15.7. The summed E-state index contributed by atoms with van der Waals surface area (Å²) in [5.41, 5.74) is 0.814. The van der Waals surface area contributed by atoms with Gasteiger partial charge < -0.3 is 14.2 Å². The number of benzene rings is 2. The van der Waals surface area contributed by atoms with Gasteiger partial charge in [-0.2, -0.15) is 0 Å². The van der Waals surface area contributed by atoms with Gasteiger partial charge in [-0.15, -0.1) is 0 Å². The number of nitrogens with zero attached hydrogens (tertiary/aromatic N) is 3. The van der Waals surface area contributed by atoms with E-state index in [4.69, 9.17) is 11.6 Å². The number of rotatable bonds is 8. The van der Waals surface area contributed by atoms with Crippen LogP contribution in [0.3, 0.4) is 0 Å². The molecule has 11 heteroatoms. The fraction of sp³-hybridized carbons (Fsp3) is 0.409. The topological polar surface area (TPSA) is 76.2 Å². The van der Waals surface area contributed by atoms with Gasteiger partial charge in [-0.1, -0.05) is 23.7 Å². The molecule has 2 atom stereocenters. The van der Waals surface area contributed by atoms with Crippen LogP contribution in [-0.2, 0) is 22.5 Å². The van der Waals surface area contributed by atoms with Crippen LogP contribution in [0.25, 0.3) is 0 Å². The number of carbonyl (C=O) groups is 1. The van der Waals surface area contributed by atoms with Gasteiger partial charge in [-0.05, 0) is 36.9 Å². The van der Waals surface area contributed by atoms with Crippen LogP contribution in [0.15, 0.2) is 36.4 Å². The Balaban J connectivity index is 1.87. The second-order valence-electron chi connectivity index (χ2n) is 7.87. The van der Waals surface area contributed by atoms with E-state index in [0.29, 0.717) is 18.7 Å². The first-order valence-electron chi connectivity index (χ1n) is 10.3. The van der Waals surface area contributed by atoms with Gasteiger partial charge in [-0.25, -0.2) is 17.9 Å². The molecule has 2 unspecified atom stereocenters. The van der Waals surface area contributed by atoms with Crippen LogP contribution < -0.4 is 0 Å². The lowest BCUT2D eigenvalue weighted by Gasteiger charge is -2.40. The van der Waals surface area contributed by atoms with Crippen LogP contribution in [0.1, 0.15) is 27.5 Å². The van der Waals surface area contributed by atoms with Crippen molar-refractivity contribution in [1.29, 1.82) is 0 Å². The van der Waals surface area contributed by atoms with Crippen molar-refractivity contribution in [3.8, 4) is 0 Å². The quantitative estimate of drug-likeness (QED) is 0.410. The molecule has 7 nitrogen and oxygen atoms in total. The van der Waals surface area contributed by atoms with Crippen molar-refractivity contribution in [2.24, 2.45) is 0 Å². The third kappa shape index (κ3) is 6.56. The van der Waals surface area contributed by atoms with Gasteiger partial charge in [-0.3, -0.25) is 9.11 Å². The molecule has 33 heavy (non-hydrogen) atoms. The Hall–Kier alpha value is -1.95. The van der Waals surface area contributed by atoms with Crippen LogP contribution in [0, 0.1) is 11.6 Å². The van der Waals surface area contributed by atoms with E-state index in [1.165, 1.54) is 31.4 Å². The maximum atomic E-state index is 14.6. The molecule has 180 valence electrons. The first-order valence-corrected chi connectivity index (χ1v) is 11.7. The highest BCUT2D eigenvalue weighted by Gasteiger charge is 2.27. The largest absolute Gasteiger partial charge is 0.760 e. The lowest BCUT2D eigenvalue weighted by molar-refractivity contribution is 0.0600. The van der Waals surface area contributed by atoms with E-state index in [9.17, 15) is 22.3 Å². The molecule has 0 saturated carbocycles. The van der Waals surface area contributed by atoms with Crippen LogP contribution in [0.4, 0.5) is 8.78 Å². The van der Waals surface area contributed by atoms with Crippen molar-refractivity contribution in [3.63, 3.8) is 0 Å². The van der Waals surface area contributed by atoms with E-state index in [0.717, 1.165) is 23.5 Å². The number of halogens is 3. The molecule has 1 saturated heterocycles. The van der Waals surface area contributed by atoms with Crippen molar-refractivity contribution in [3.05, 3.63) is 69.7 Å². The van der Waals surface area contributed by atoms with Gasteiger partial charge in [0, 0.05) is 62.1 Å². The van der Waals surface area contributed by atoms with Gasteiger partial charge in [0.1, 0.15) is 11.6 Å². The number of carbonyl (C=O) groups excluding carboxylic acids is 1. The third-order valence-electron chi connectivity index (χ3n) is 5.72. The van der Waals surface area contributed by atoms with Crippen molar-refractivity contribution >= 4 is 28.8 Å². The normalized spacial score (nSPS) is 17.2. The maximum absolute atomic E-state index is 14.6. The number of likely N-dealkylation sites (N-methyl/N-ethyl adjacent to an activating group) is 1. The summed E-state index contributed by atoms with van der Waals surface area (Å²) < 4.78 is 58.2. The number of hydrogen-bond acceptors (Lipinski definition) is 6. The minimum absolute atomic E-state index is 0.0139. The van der Waals surface area contributed by atoms with Gasteiger partial charge in [0.05, 0.1) is 17.7 Å². The average molecular weight is 501 g/mol. The Kier molecular flexibility index (Phi) is 8.91. The molecule has 0 spiro atoms. The molecule has 3 rings (SSSR count). The SMILES string of the molecule is COC(=O)c1ccc(CN(CC(c2ccc(F)c(Cl)c2)N2CCN(C)CC2)S(=O)[O-])c(F)c1. The molecule has 0 aromatic heterocycles. The molecule has 0 N–H and O–H groups in total. The van der Waals surface area contributed by atoms with Crippen molar-refractivity contribution in [1.82, 2.24) is 14.1 Å². The molecule has 1 aliphatic rings. The zero-order valence-electron chi connectivity index (χ0n) is 18.3. The van der Waals surface area contributed by atoms with Gasteiger partial charge in [0.15, 0.2) is 0 Å². The van der Waals surface area contributed by atoms with Crippen LogP contribution in [0.5, 0.6) is 0 Å². The summed E-state index contributed by atoms with van der Waals surface area (Å²) in [6, 6.07) is 7.69. The molecule has 2 aromatic carbocycles. The summed E-state index contributed by atoms with van der Waals surface area (Å²) >= 11 is 3.34. The maximum Gasteiger partial charge on any atom is 0.337 e. The third-order valence-corrected chi connectivity index (χ3v) is 6.70. The highest BCUT2D eigenvalue weighted by atomic mass is 35.5. The average Bonchev–Trinajstić information content (AvgIpc) is 2.79. The van der Waals surface area contributed by atoms with Gasteiger partial charge in [0.25, 0.3) is 0 Å². The molecular formula is C22H25ClF2N3O4S-. The summed E-state index contributed by atoms with van der Waals surface area (Å²) in [5, 5.41) is -0.0501. The molecule has 1 heterocycles. The fourth-order valence-electron chi connectivity index (χ4n) is 3.77. The molecule has 0 aliphatic carbocycles. The monoisotopic (exact) mass is 500 g/mol. The highest BCUT2D eigenvalue weighted by molar-refractivity contribution is 7.76. The zero-order chi connectivity index (χ0) is 24.1. The molecule has 1 aliphatic heterocycles. The molecule has 0 bridgehead atoms. The lowest BCUT2D eigenvalue weighted by Crippen LogP contribution is -2.48. The standard InChI is InChI=1S/C22H26ClF2N3O4S/c1-26-7-9-27(10-8-26)21(15-5-6-19(24)18(23)11-15)14-28(33(30)31)13-17-4-3-16(12-20(17)25)22(29)32-2/h3-6,11-12,21H,7-10,13-14H2,1-2H3,(H,30,31)/p-1. The predicted octanol–water partition coefficient (Wildman–Crippen LogP) is 2.99. The number of methoxy groups -OCH3 is 1. The summed E-state index contributed by atoms with van der Waals surface area (Å²) in [6.45, 7) is 2.71. The van der Waals surface area contributed by atoms with Crippen LogP contribution >= 0.6 is 11.6 Å². The fourth-order valence-corrected chi connectivity index (χ4v) is 4.46. The van der Waals surface area contributed by atoms with Gasteiger partial charge in [0.2, 0.25) is 0 Å². The summed E-state index contributed by atoms with van der Waals surface area (Å²) in [6.07, 6.45) is 0. The van der Waals surface area contributed by atoms with Crippen LogP contribution in [-0.4, -0.2) is 75.7 Å². The van der Waals surface area contributed by atoms with E-state index >= 15 is 0 Å². The summed E-state index contributed by atoms with van der Waals surface area (Å²) in [7, 11) is 3.19. The molecule has 1 fully saturated rings. The van der Waals surface area contributed by atoms with Crippen molar-refractivity contribution in [2.75, 3.05) is 46.9 Å². The summed E-state index contributed by atoms with van der Waals surface area (Å²) in [5.74, 6) is -1.96. The number of piperazine rings is 1. The Morgan fingerprint density at radius 3 is 2.45 bits per heavy atom. The Morgan fingerprint density at radius 1 is 1.18 bits per heavy atom. The van der Waals surface area contributed by atoms with E-state index in [1.54, 1.807) is 6.07 Å². The molecular weight excluding hydrogens is 476 g/mol. The minimum atomic E-state index is -2.66. The molecule has 0 radical (unpaired) electrons. The van der Waals surface area contributed by atoms with Gasteiger partial charge >= 0.3 is 5.97 Å². The molecule has 0 amide bonds. The Labute approximate surface area is 199 Å². The number of ether oxygens (including phenoxy) is 1. The summed E-state index contributed by atoms with van der Waals surface area (Å²) in [4.78, 5) is 15.9. The van der Waals surface area contributed by atoms with E-state index in [2.05, 4.69) is 14.5 Å². The van der Waals surface area contributed by atoms with Crippen molar-refractivity contribution < 1.29 is 27.1 Å². The second kappa shape index (κ2) is 11.5. The number of esters is 1. The van der Waals surface area contributed by atoms with E-state index < -0.39 is 34.9 Å². The zero-order valence-corrected chi connectivity index (χ0v) is 19.9. The second-order valence-corrected chi connectivity index (χ2v) is 9.22. The van der Waals surface area contributed by atoms with Crippen molar-refractivity contribution in [2.45, 2.75) is 12.6 Å².